The minimum absolute atomic E-state index is 0.341. The van der Waals surface area contributed by atoms with Gasteiger partial charge in [-0.25, -0.2) is 0 Å². The number of rotatable bonds is 5. The zero-order valence-corrected chi connectivity index (χ0v) is 10.3. The Bertz CT molecular complexity index is 484. The monoisotopic (exact) mass is 230 g/mol. The SMILES string of the molecule is COCC(C)NCc1ccc2ccccc2n1. The molecule has 1 N–H and O–H groups in total. The van der Waals surface area contributed by atoms with Crippen molar-refractivity contribution in [1.29, 1.82) is 0 Å². The molecule has 2 aromatic rings. The standard InChI is InChI=1S/C14H18N2O/c1-11(10-17-2)15-9-13-8-7-12-5-3-4-6-14(12)16-13/h3-8,11,15H,9-10H2,1-2H3. The highest BCUT2D eigenvalue weighted by molar-refractivity contribution is 5.78. The molecule has 0 aliphatic rings. The topological polar surface area (TPSA) is 34.1 Å². The molecular weight excluding hydrogens is 212 g/mol. The van der Waals surface area contributed by atoms with Crippen LogP contribution in [0.1, 0.15) is 12.6 Å². The number of nitrogens with zero attached hydrogens (tertiary/aromatic N) is 1. The molecule has 0 bridgehead atoms. The number of pyridine rings is 1. The van der Waals surface area contributed by atoms with Gasteiger partial charge in [-0.15, -0.1) is 0 Å². The van der Waals surface area contributed by atoms with Gasteiger partial charge in [0.05, 0.1) is 17.8 Å². The van der Waals surface area contributed by atoms with Crippen molar-refractivity contribution in [2.75, 3.05) is 13.7 Å². The average molecular weight is 230 g/mol. The third kappa shape index (κ3) is 3.25. The van der Waals surface area contributed by atoms with Gasteiger partial charge in [0.25, 0.3) is 0 Å². The van der Waals surface area contributed by atoms with Crippen LogP contribution in [0.25, 0.3) is 10.9 Å². The van der Waals surface area contributed by atoms with Crippen LogP contribution in [-0.2, 0) is 11.3 Å². The number of ether oxygens (including phenoxy) is 1. The minimum atomic E-state index is 0.341. The summed E-state index contributed by atoms with van der Waals surface area (Å²) in [6.07, 6.45) is 0. The van der Waals surface area contributed by atoms with E-state index >= 15 is 0 Å². The average Bonchev–Trinajstić information content (AvgIpc) is 2.36. The summed E-state index contributed by atoms with van der Waals surface area (Å²) in [5.41, 5.74) is 2.11. The summed E-state index contributed by atoms with van der Waals surface area (Å²) in [4.78, 5) is 4.60. The molecule has 0 saturated heterocycles. The Morgan fingerprint density at radius 1 is 1.24 bits per heavy atom. The first-order valence-corrected chi connectivity index (χ1v) is 5.86. The predicted molar refractivity (Wildman–Crippen MR) is 69.9 cm³/mol. The highest BCUT2D eigenvalue weighted by Crippen LogP contribution is 2.11. The summed E-state index contributed by atoms with van der Waals surface area (Å²) in [6.45, 7) is 3.59. The van der Waals surface area contributed by atoms with Crippen molar-refractivity contribution in [2.45, 2.75) is 19.5 Å². The number of fused-ring (bicyclic) bond motifs is 1. The number of benzene rings is 1. The molecule has 0 saturated carbocycles. The molecule has 0 aliphatic carbocycles. The van der Waals surface area contributed by atoms with Crippen LogP contribution in [0, 0.1) is 0 Å². The van der Waals surface area contributed by atoms with Gasteiger partial charge < -0.3 is 10.1 Å². The number of hydrogen-bond donors (Lipinski definition) is 1. The van der Waals surface area contributed by atoms with Crippen molar-refractivity contribution in [3.63, 3.8) is 0 Å². The molecule has 3 heteroatoms. The molecule has 1 atom stereocenters. The Hall–Kier alpha value is -1.45. The lowest BCUT2D eigenvalue weighted by Crippen LogP contribution is -2.29. The van der Waals surface area contributed by atoms with Gasteiger partial charge in [-0.05, 0) is 19.1 Å². The van der Waals surface area contributed by atoms with Crippen LogP contribution < -0.4 is 5.32 Å². The third-order valence-corrected chi connectivity index (χ3v) is 2.70. The third-order valence-electron chi connectivity index (χ3n) is 2.70. The molecule has 1 aromatic heterocycles. The van der Waals surface area contributed by atoms with E-state index in [1.807, 2.05) is 18.2 Å². The number of nitrogens with one attached hydrogen (secondary N) is 1. The van der Waals surface area contributed by atoms with E-state index in [2.05, 4.69) is 35.4 Å². The first-order chi connectivity index (χ1) is 8.29. The van der Waals surface area contributed by atoms with Gasteiger partial charge in [-0.1, -0.05) is 24.3 Å². The highest BCUT2D eigenvalue weighted by atomic mass is 16.5. The highest BCUT2D eigenvalue weighted by Gasteiger charge is 2.02. The van der Waals surface area contributed by atoms with E-state index in [-0.39, 0.29) is 0 Å². The summed E-state index contributed by atoms with van der Waals surface area (Å²) in [6, 6.07) is 12.7. The summed E-state index contributed by atoms with van der Waals surface area (Å²) < 4.78 is 5.08. The molecule has 1 unspecified atom stereocenters. The van der Waals surface area contributed by atoms with E-state index in [4.69, 9.17) is 4.74 Å². The Kier molecular flexibility index (Phi) is 4.07. The van der Waals surface area contributed by atoms with Crippen molar-refractivity contribution >= 4 is 10.9 Å². The van der Waals surface area contributed by atoms with Crippen LogP contribution in [0.15, 0.2) is 36.4 Å². The van der Waals surface area contributed by atoms with Gasteiger partial charge >= 0.3 is 0 Å². The maximum absolute atomic E-state index is 5.08. The zero-order chi connectivity index (χ0) is 12.1. The van der Waals surface area contributed by atoms with Crippen molar-refractivity contribution in [3.8, 4) is 0 Å². The van der Waals surface area contributed by atoms with Gasteiger partial charge in [0, 0.05) is 25.1 Å². The van der Waals surface area contributed by atoms with E-state index in [1.165, 1.54) is 5.39 Å². The lowest BCUT2D eigenvalue weighted by Gasteiger charge is -2.12. The molecule has 0 fully saturated rings. The molecule has 90 valence electrons. The fourth-order valence-corrected chi connectivity index (χ4v) is 1.79. The molecular formula is C14H18N2O. The second-order valence-corrected chi connectivity index (χ2v) is 4.23. The van der Waals surface area contributed by atoms with Gasteiger partial charge in [0.2, 0.25) is 0 Å². The fraction of sp³-hybridized carbons (Fsp3) is 0.357. The minimum Gasteiger partial charge on any atom is -0.383 e. The quantitative estimate of drug-likeness (QED) is 0.856. The van der Waals surface area contributed by atoms with Crippen LogP contribution in [0.2, 0.25) is 0 Å². The Labute approximate surface area is 102 Å². The Balaban J connectivity index is 2.04. The van der Waals surface area contributed by atoms with Crippen molar-refractivity contribution < 1.29 is 4.74 Å². The molecule has 2 rings (SSSR count). The Morgan fingerprint density at radius 2 is 2.06 bits per heavy atom. The summed E-state index contributed by atoms with van der Waals surface area (Å²) in [5.74, 6) is 0. The van der Waals surface area contributed by atoms with Gasteiger partial charge in [-0.2, -0.15) is 0 Å². The van der Waals surface area contributed by atoms with Crippen molar-refractivity contribution in [2.24, 2.45) is 0 Å². The largest absolute Gasteiger partial charge is 0.383 e. The lowest BCUT2D eigenvalue weighted by atomic mass is 10.2. The van der Waals surface area contributed by atoms with Crippen LogP contribution >= 0.6 is 0 Å². The molecule has 1 aromatic carbocycles. The molecule has 0 amide bonds. The van der Waals surface area contributed by atoms with Crippen LogP contribution in [-0.4, -0.2) is 24.7 Å². The predicted octanol–water partition coefficient (Wildman–Crippen LogP) is 2.36. The second-order valence-electron chi connectivity index (χ2n) is 4.23. The lowest BCUT2D eigenvalue weighted by molar-refractivity contribution is 0.171. The molecule has 17 heavy (non-hydrogen) atoms. The molecule has 0 radical (unpaired) electrons. The van der Waals surface area contributed by atoms with Crippen molar-refractivity contribution in [1.82, 2.24) is 10.3 Å². The first-order valence-electron chi connectivity index (χ1n) is 5.86. The maximum atomic E-state index is 5.08. The van der Waals surface area contributed by atoms with E-state index in [1.54, 1.807) is 7.11 Å². The summed E-state index contributed by atoms with van der Waals surface area (Å²) in [5, 5.41) is 4.56. The summed E-state index contributed by atoms with van der Waals surface area (Å²) in [7, 11) is 1.71. The van der Waals surface area contributed by atoms with Crippen LogP contribution in [0.5, 0.6) is 0 Å². The van der Waals surface area contributed by atoms with E-state index < -0.39 is 0 Å². The zero-order valence-electron chi connectivity index (χ0n) is 10.3. The maximum Gasteiger partial charge on any atom is 0.0705 e. The number of aromatic nitrogens is 1. The van der Waals surface area contributed by atoms with Gasteiger partial charge in [-0.3, -0.25) is 4.98 Å². The van der Waals surface area contributed by atoms with Crippen LogP contribution in [0.4, 0.5) is 0 Å². The summed E-state index contributed by atoms with van der Waals surface area (Å²) >= 11 is 0. The van der Waals surface area contributed by atoms with Gasteiger partial charge in [0.15, 0.2) is 0 Å². The smallest absolute Gasteiger partial charge is 0.0705 e. The van der Waals surface area contributed by atoms with E-state index in [0.717, 1.165) is 17.8 Å². The van der Waals surface area contributed by atoms with E-state index in [9.17, 15) is 0 Å². The number of hydrogen-bond acceptors (Lipinski definition) is 3. The fourth-order valence-electron chi connectivity index (χ4n) is 1.79. The number of para-hydroxylation sites is 1. The van der Waals surface area contributed by atoms with Crippen molar-refractivity contribution in [3.05, 3.63) is 42.1 Å². The normalized spacial score (nSPS) is 12.8. The number of methoxy groups -OCH3 is 1. The molecule has 3 nitrogen and oxygen atoms in total. The second kappa shape index (κ2) is 5.75. The van der Waals surface area contributed by atoms with Gasteiger partial charge in [0.1, 0.15) is 0 Å². The Morgan fingerprint density at radius 3 is 2.88 bits per heavy atom. The molecule has 0 spiro atoms. The molecule has 0 aliphatic heterocycles. The van der Waals surface area contributed by atoms with Crippen LogP contribution in [0.3, 0.4) is 0 Å². The molecule has 1 heterocycles. The van der Waals surface area contributed by atoms with E-state index in [0.29, 0.717) is 12.6 Å². The first kappa shape index (κ1) is 12.0.